The summed E-state index contributed by atoms with van der Waals surface area (Å²) in [5.74, 6) is 0.662. The maximum Gasteiger partial charge on any atom is 0.341 e. The van der Waals surface area contributed by atoms with E-state index in [0.29, 0.717) is 36.1 Å². The van der Waals surface area contributed by atoms with Crippen molar-refractivity contribution in [2.24, 2.45) is 5.92 Å². The van der Waals surface area contributed by atoms with E-state index in [1.165, 1.54) is 0 Å². The quantitative estimate of drug-likeness (QED) is 0.559. The molecule has 0 radical (unpaired) electrons. The van der Waals surface area contributed by atoms with Crippen LogP contribution in [0.3, 0.4) is 0 Å². The van der Waals surface area contributed by atoms with Crippen LogP contribution in [-0.2, 0) is 4.74 Å². The number of nitrogen functional groups attached to an aromatic ring is 1. The second-order valence-corrected chi connectivity index (χ2v) is 6.45. The van der Waals surface area contributed by atoms with Crippen LogP contribution in [0, 0.1) is 5.92 Å². The molecule has 0 aliphatic heterocycles. The molecule has 5 nitrogen and oxygen atoms in total. The molecule has 1 aromatic rings. The highest BCUT2D eigenvalue weighted by atomic mass is 16.5. The first-order valence-electron chi connectivity index (χ1n) is 8.21. The number of rotatable bonds is 9. The zero-order chi connectivity index (χ0) is 17.4. The molecule has 0 fully saturated rings. The Kier molecular flexibility index (Phi) is 7.89. The highest BCUT2D eigenvalue weighted by Crippen LogP contribution is 2.23. The van der Waals surface area contributed by atoms with E-state index in [9.17, 15) is 4.79 Å². The van der Waals surface area contributed by atoms with Crippen molar-refractivity contribution in [2.45, 2.75) is 39.7 Å². The van der Waals surface area contributed by atoms with E-state index < -0.39 is 0 Å². The average Bonchev–Trinajstić information content (AvgIpc) is 2.48. The summed E-state index contributed by atoms with van der Waals surface area (Å²) >= 11 is 0. The normalized spacial score (nSPS) is 12.5. The van der Waals surface area contributed by atoms with Crippen molar-refractivity contribution >= 4 is 11.7 Å². The Morgan fingerprint density at radius 3 is 2.57 bits per heavy atom. The van der Waals surface area contributed by atoms with Crippen LogP contribution >= 0.6 is 0 Å². The van der Waals surface area contributed by atoms with Crippen molar-refractivity contribution in [3.8, 4) is 5.75 Å². The number of likely N-dealkylation sites (N-methyl/N-ethyl adjacent to an activating group) is 1. The summed E-state index contributed by atoms with van der Waals surface area (Å²) in [4.78, 5) is 14.5. The number of hydrogen-bond acceptors (Lipinski definition) is 5. The van der Waals surface area contributed by atoms with Gasteiger partial charge in [0.2, 0.25) is 0 Å². The van der Waals surface area contributed by atoms with Gasteiger partial charge in [0, 0.05) is 17.8 Å². The summed E-state index contributed by atoms with van der Waals surface area (Å²) in [7, 11) is 4.00. The molecule has 0 saturated heterocycles. The van der Waals surface area contributed by atoms with Gasteiger partial charge in [-0.1, -0.05) is 20.8 Å². The highest BCUT2D eigenvalue weighted by molar-refractivity contribution is 5.93. The minimum atomic E-state index is -0.369. The van der Waals surface area contributed by atoms with Gasteiger partial charge in [0.15, 0.2) is 0 Å². The Hall–Kier alpha value is -1.75. The second-order valence-electron chi connectivity index (χ2n) is 6.45. The molecule has 1 rings (SSSR count). The molecular formula is C18H30N2O3. The van der Waals surface area contributed by atoms with Crippen LogP contribution in [0.25, 0.3) is 0 Å². The number of carbonyl (C=O) groups is 1. The smallest absolute Gasteiger partial charge is 0.341 e. The number of nitrogens with two attached hydrogens (primary N) is 1. The Morgan fingerprint density at radius 2 is 2.00 bits per heavy atom. The molecule has 130 valence electrons. The third-order valence-electron chi connectivity index (χ3n) is 3.57. The summed E-state index contributed by atoms with van der Waals surface area (Å²) in [6, 6.07) is 5.22. The molecule has 1 atom stereocenters. The third kappa shape index (κ3) is 6.48. The molecule has 0 unspecified atom stereocenters. The average molecular weight is 322 g/mol. The minimum Gasteiger partial charge on any atom is -0.493 e. The van der Waals surface area contributed by atoms with Crippen LogP contribution in [0.15, 0.2) is 18.2 Å². The van der Waals surface area contributed by atoms with Crippen LogP contribution in [0.2, 0.25) is 0 Å². The van der Waals surface area contributed by atoms with Gasteiger partial charge in [-0.05, 0) is 45.0 Å². The summed E-state index contributed by atoms with van der Waals surface area (Å²) in [6.45, 7) is 7.24. The monoisotopic (exact) mass is 322 g/mol. The van der Waals surface area contributed by atoms with Gasteiger partial charge < -0.3 is 20.1 Å². The molecule has 2 N–H and O–H groups in total. The van der Waals surface area contributed by atoms with E-state index in [0.717, 1.165) is 12.8 Å². The lowest BCUT2D eigenvalue weighted by Crippen LogP contribution is -2.34. The van der Waals surface area contributed by atoms with Crippen LogP contribution in [0.1, 0.15) is 44.0 Å². The molecule has 0 aliphatic rings. The molecule has 0 aromatic heterocycles. The van der Waals surface area contributed by atoms with Crippen molar-refractivity contribution in [2.75, 3.05) is 33.0 Å². The van der Waals surface area contributed by atoms with Gasteiger partial charge in [-0.25, -0.2) is 4.79 Å². The number of carbonyl (C=O) groups excluding carboxylic acids is 1. The molecule has 5 heteroatoms. The Labute approximate surface area is 139 Å². The Morgan fingerprint density at radius 1 is 1.30 bits per heavy atom. The van der Waals surface area contributed by atoms with E-state index in [2.05, 4.69) is 18.7 Å². The summed E-state index contributed by atoms with van der Waals surface area (Å²) in [5.41, 5.74) is 6.77. The Bertz CT molecular complexity index is 501. The summed E-state index contributed by atoms with van der Waals surface area (Å²) in [6.07, 6.45) is 1.83. The van der Waals surface area contributed by atoms with Gasteiger partial charge in [0.1, 0.15) is 17.9 Å². The molecule has 0 amide bonds. The largest absolute Gasteiger partial charge is 0.493 e. The fraction of sp³-hybridized carbons (Fsp3) is 0.611. The zero-order valence-corrected chi connectivity index (χ0v) is 15.0. The summed E-state index contributed by atoms with van der Waals surface area (Å²) < 4.78 is 11.1. The lowest BCUT2D eigenvalue weighted by molar-refractivity contribution is 0.0375. The summed E-state index contributed by atoms with van der Waals surface area (Å²) in [5, 5.41) is 0. The van der Waals surface area contributed by atoms with E-state index in [-0.39, 0.29) is 12.0 Å². The second kappa shape index (κ2) is 9.40. The van der Waals surface area contributed by atoms with Crippen molar-refractivity contribution in [3.63, 3.8) is 0 Å². The first-order valence-corrected chi connectivity index (χ1v) is 8.21. The third-order valence-corrected chi connectivity index (χ3v) is 3.57. The van der Waals surface area contributed by atoms with Crippen molar-refractivity contribution in [3.05, 3.63) is 23.8 Å². The SMILES string of the molecule is CCCOc1cc(N)ccc1C(=O)OC[C@H](CC(C)C)N(C)C. The van der Waals surface area contributed by atoms with E-state index in [1.807, 2.05) is 21.0 Å². The van der Waals surface area contributed by atoms with Gasteiger partial charge in [-0.2, -0.15) is 0 Å². The predicted molar refractivity (Wildman–Crippen MR) is 93.9 cm³/mol. The van der Waals surface area contributed by atoms with Crippen molar-refractivity contribution in [1.82, 2.24) is 4.90 Å². The maximum absolute atomic E-state index is 12.4. The van der Waals surface area contributed by atoms with E-state index in [4.69, 9.17) is 15.2 Å². The number of anilines is 1. The van der Waals surface area contributed by atoms with Gasteiger partial charge in [-0.15, -0.1) is 0 Å². The van der Waals surface area contributed by atoms with Crippen LogP contribution in [-0.4, -0.2) is 44.2 Å². The van der Waals surface area contributed by atoms with Crippen LogP contribution in [0.4, 0.5) is 5.69 Å². The fourth-order valence-electron chi connectivity index (χ4n) is 2.26. The van der Waals surface area contributed by atoms with Crippen LogP contribution in [0.5, 0.6) is 5.75 Å². The van der Waals surface area contributed by atoms with Gasteiger partial charge in [0.05, 0.1) is 6.61 Å². The Balaban J connectivity index is 2.76. The van der Waals surface area contributed by atoms with E-state index in [1.54, 1.807) is 18.2 Å². The standard InChI is InChI=1S/C18H30N2O3/c1-6-9-22-17-11-14(19)7-8-16(17)18(21)23-12-15(20(4)5)10-13(2)3/h7-8,11,13,15H,6,9-10,12,19H2,1-5H3/t15-/m0/s1. The van der Waals surface area contributed by atoms with Gasteiger partial charge in [0.25, 0.3) is 0 Å². The molecule has 0 spiro atoms. The number of esters is 1. The van der Waals surface area contributed by atoms with Crippen molar-refractivity contribution in [1.29, 1.82) is 0 Å². The lowest BCUT2D eigenvalue weighted by atomic mass is 10.0. The fourth-order valence-corrected chi connectivity index (χ4v) is 2.26. The lowest BCUT2D eigenvalue weighted by Gasteiger charge is -2.25. The first kappa shape index (κ1) is 19.3. The first-order chi connectivity index (χ1) is 10.8. The van der Waals surface area contributed by atoms with Gasteiger partial charge >= 0.3 is 5.97 Å². The predicted octanol–water partition coefficient (Wildman–Crippen LogP) is 3.19. The van der Waals surface area contributed by atoms with Crippen molar-refractivity contribution < 1.29 is 14.3 Å². The number of nitrogens with zero attached hydrogens (tertiary/aromatic N) is 1. The van der Waals surface area contributed by atoms with Gasteiger partial charge in [-0.3, -0.25) is 0 Å². The molecule has 23 heavy (non-hydrogen) atoms. The molecular weight excluding hydrogens is 292 g/mol. The highest BCUT2D eigenvalue weighted by Gasteiger charge is 2.19. The van der Waals surface area contributed by atoms with E-state index >= 15 is 0 Å². The number of benzene rings is 1. The molecule has 0 saturated carbocycles. The molecule has 0 aliphatic carbocycles. The van der Waals surface area contributed by atoms with Crippen LogP contribution < -0.4 is 10.5 Å². The molecule has 0 heterocycles. The molecule has 1 aromatic carbocycles. The minimum absolute atomic E-state index is 0.202. The zero-order valence-electron chi connectivity index (χ0n) is 15.0. The topological polar surface area (TPSA) is 64.8 Å². The number of hydrogen-bond donors (Lipinski definition) is 1. The maximum atomic E-state index is 12.4. The number of ether oxygens (including phenoxy) is 2. The molecule has 0 bridgehead atoms.